The maximum absolute atomic E-state index is 4.06. The van der Waals surface area contributed by atoms with Crippen molar-refractivity contribution < 1.29 is 0 Å². The van der Waals surface area contributed by atoms with Gasteiger partial charge < -0.3 is 0 Å². The van der Waals surface area contributed by atoms with Gasteiger partial charge in [0.05, 0.1) is 0 Å². The quantitative estimate of drug-likeness (QED) is 0.379. The van der Waals surface area contributed by atoms with E-state index in [2.05, 4.69) is 33.7 Å². The molecule has 1 radical (unpaired) electrons. The summed E-state index contributed by atoms with van der Waals surface area (Å²) in [7, 11) is 0. The zero-order valence-electron chi connectivity index (χ0n) is 5.44. The molecule has 0 amide bonds. The molecule has 0 saturated heterocycles. The largest absolute Gasteiger partial charge is 0.149 e. The van der Waals surface area contributed by atoms with Crippen LogP contribution in [0.25, 0.3) is 0 Å². The van der Waals surface area contributed by atoms with E-state index in [9.17, 15) is 0 Å². The number of hydrogen-bond donors (Lipinski definition) is 0. The minimum Gasteiger partial charge on any atom is -0.149 e. The van der Waals surface area contributed by atoms with Gasteiger partial charge in [0.15, 0.2) is 0 Å². The molecule has 0 bridgehead atoms. The second-order valence-electron chi connectivity index (χ2n) is 2.05. The molecule has 41 valence electrons. The molecule has 0 aromatic rings. The highest BCUT2D eigenvalue weighted by Gasteiger charge is 1.98. The van der Waals surface area contributed by atoms with Gasteiger partial charge in [0.1, 0.15) is 7.00 Å². The summed E-state index contributed by atoms with van der Waals surface area (Å²) in [6.45, 7) is 8.00. The van der Waals surface area contributed by atoms with E-state index in [0.29, 0.717) is 0 Å². The minimum absolute atomic E-state index is 0.779. The second kappa shape index (κ2) is 2.62. The van der Waals surface area contributed by atoms with E-state index in [0.717, 1.165) is 0 Å². The van der Waals surface area contributed by atoms with E-state index in [-0.39, 0.29) is 0 Å². The lowest BCUT2D eigenvalue weighted by Gasteiger charge is -2.10. The highest BCUT2D eigenvalue weighted by atomic mass is 31.2. The Morgan fingerprint density at radius 1 is 1.71 bits per heavy atom. The molecule has 0 saturated carbocycles. The zero-order valence-corrected chi connectivity index (χ0v) is 6.33. The molecule has 0 aliphatic carbocycles. The summed E-state index contributed by atoms with van der Waals surface area (Å²) < 4.78 is 0. The third-order valence-corrected chi connectivity index (χ3v) is 4.04. The van der Waals surface area contributed by atoms with Crippen LogP contribution in [-0.2, 0) is 0 Å². The molecule has 0 N–H and O–H groups in total. The van der Waals surface area contributed by atoms with E-state index in [4.69, 9.17) is 0 Å². The number of hydrogen-bond acceptors (Lipinski definition) is 0. The van der Waals surface area contributed by atoms with Crippen LogP contribution in [-0.4, -0.2) is 26.1 Å². The van der Waals surface area contributed by atoms with Gasteiger partial charge in [0.2, 0.25) is 0 Å². The molecule has 0 aromatic heterocycles. The SMILES string of the molecule is C=P(C)([B]C)CC. The van der Waals surface area contributed by atoms with Crippen LogP contribution in [0.15, 0.2) is 0 Å². The van der Waals surface area contributed by atoms with Crippen molar-refractivity contribution in [3.8, 4) is 0 Å². The van der Waals surface area contributed by atoms with E-state index >= 15 is 0 Å². The van der Waals surface area contributed by atoms with Gasteiger partial charge in [-0.2, -0.15) is 0 Å². The molecule has 0 heterocycles. The van der Waals surface area contributed by atoms with E-state index in [1.165, 1.54) is 6.16 Å². The van der Waals surface area contributed by atoms with Gasteiger partial charge in [-0.3, -0.25) is 0 Å². The fraction of sp³-hybridized carbons (Fsp3) is 0.800. The van der Waals surface area contributed by atoms with E-state index in [1.54, 1.807) is 0 Å². The van der Waals surface area contributed by atoms with Gasteiger partial charge in [-0.25, -0.2) is 0 Å². The average Bonchev–Trinajstić information content (AvgIpc) is 1.68. The lowest BCUT2D eigenvalue weighted by atomic mass is 10.2. The first-order valence-electron chi connectivity index (χ1n) is 2.62. The third-order valence-electron chi connectivity index (χ3n) is 1.35. The van der Waals surface area contributed by atoms with Crippen LogP contribution in [0.3, 0.4) is 0 Å². The third kappa shape index (κ3) is 2.99. The van der Waals surface area contributed by atoms with Crippen molar-refractivity contribution in [2.75, 3.05) is 12.8 Å². The molecule has 0 aliphatic rings. The van der Waals surface area contributed by atoms with E-state index < -0.39 is 6.76 Å². The summed E-state index contributed by atoms with van der Waals surface area (Å²) in [5, 5.41) is 0. The lowest BCUT2D eigenvalue weighted by molar-refractivity contribution is 1.51. The Morgan fingerprint density at radius 3 is 2.14 bits per heavy atom. The highest BCUT2D eigenvalue weighted by Crippen LogP contribution is 2.36. The van der Waals surface area contributed by atoms with Gasteiger partial charge in [0, 0.05) is 0 Å². The van der Waals surface area contributed by atoms with Crippen LogP contribution in [0.4, 0.5) is 0 Å². The Labute approximate surface area is 47.5 Å². The Hall–Kier alpha value is 0.365. The highest BCUT2D eigenvalue weighted by molar-refractivity contribution is 7.97. The molecular formula is C5H13BP. The molecule has 0 nitrogen and oxygen atoms in total. The van der Waals surface area contributed by atoms with Crippen LogP contribution in [0.1, 0.15) is 6.92 Å². The lowest BCUT2D eigenvalue weighted by Crippen LogP contribution is -1.88. The summed E-state index contributed by atoms with van der Waals surface area (Å²) in [6, 6.07) is 0. The van der Waals surface area contributed by atoms with Crippen LogP contribution in [0.5, 0.6) is 0 Å². The Balaban J connectivity index is 3.61. The standard InChI is InChI=1S/C5H13BP/c1-5-7(3,4)6-2/h3,5H2,1-2,4H3. The fourth-order valence-electron chi connectivity index (χ4n) is 0.183. The van der Waals surface area contributed by atoms with Crippen molar-refractivity contribution in [3.05, 3.63) is 0 Å². The van der Waals surface area contributed by atoms with Gasteiger partial charge in [-0.05, 0) is 6.16 Å². The predicted molar refractivity (Wildman–Crippen MR) is 42.1 cm³/mol. The molecule has 7 heavy (non-hydrogen) atoms. The fourth-order valence-corrected chi connectivity index (χ4v) is 0.548. The molecule has 2 heteroatoms. The van der Waals surface area contributed by atoms with E-state index in [1.807, 2.05) is 0 Å². The predicted octanol–water partition coefficient (Wildman–Crippen LogP) is 1.75. The summed E-state index contributed by atoms with van der Waals surface area (Å²) >= 11 is 0. The van der Waals surface area contributed by atoms with Crippen LogP contribution >= 0.6 is 6.76 Å². The first-order valence-corrected chi connectivity index (χ1v) is 5.30. The van der Waals surface area contributed by atoms with Crippen molar-refractivity contribution in [2.24, 2.45) is 0 Å². The van der Waals surface area contributed by atoms with Crippen LogP contribution in [0.2, 0.25) is 6.82 Å². The maximum Gasteiger partial charge on any atom is 0.142 e. The first-order chi connectivity index (χ1) is 3.12. The molecule has 0 aromatic carbocycles. The van der Waals surface area contributed by atoms with Crippen LogP contribution in [0, 0.1) is 0 Å². The first kappa shape index (κ1) is 7.36. The average molecular weight is 115 g/mol. The summed E-state index contributed by atoms with van der Waals surface area (Å²) in [5.41, 5.74) is 0. The Bertz CT molecular complexity index is 80.1. The summed E-state index contributed by atoms with van der Waals surface area (Å²) in [6.07, 6.45) is 5.30. The van der Waals surface area contributed by atoms with Crippen molar-refractivity contribution in [3.63, 3.8) is 0 Å². The Morgan fingerprint density at radius 2 is 2.14 bits per heavy atom. The Kier molecular flexibility index (Phi) is 2.75. The minimum atomic E-state index is -0.779. The van der Waals surface area contributed by atoms with Crippen molar-refractivity contribution in [1.29, 1.82) is 0 Å². The maximum atomic E-state index is 4.06. The molecular weight excluding hydrogens is 102 g/mol. The molecule has 0 aliphatic heterocycles. The summed E-state index contributed by atoms with van der Waals surface area (Å²) in [5.74, 6) is 0. The smallest absolute Gasteiger partial charge is 0.142 e. The second-order valence-corrected chi connectivity index (χ2v) is 6.16. The normalized spacial score (nSPS) is 18.1. The molecule has 1 atom stereocenters. The van der Waals surface area contributed by atoms with Gasteiger partial charge >= 0.3 is 0 Å². The monoisotopic (exact) mass is 115 g/mol. The van der Waals surface area contributed by atoms with Gasteiger partial charge in [-0.1, -0.05) is 20.4 Å². The van der Waals surface area contributed by atoms with Gasteiger partial charge in [0.25, 0.3) is 0 Å². The molecule has 1 unspecified atom stereocenters. The van der Waals surface area contributed by atoms with Gasteiger partial charge in [-0.15, -0.1) is 13.1 Å². The molecule has 0 rings (SSSR count). The van der Waals surface area contributed by atoms with Crippen molar-refractivity contribution >= 4 is 20.1 Å². The van der Waals surface area contributed by atoms with Crippen molar-refractivity contribution in [1.82, 2.24) is 0 Å². The van der Waals surface area contributed by atoms with Crippen molar-refractivity contribution in [2.45, 2.75) is 13.7 Å². The molecule has 0 spiro atoms. The van der Waals surface area contributed by atoms with Crippen LogP contribution < -0.4 is 0 Å². The summed E-state index contributed by atoms with van der Waals surface area (Å²) in [4.78, 5) is 0. The topological polar surface area (TPSA) is 0 Å². The zero-order chi connectivity index (χ0) is 5.91. The molecule has 0 fully saturated rings. The number of rotatable bonds is 2.